The molecule has 2 aromatic carbocycles. The van der Waals surface area contributed by atoms with Crippen molar-refractivity contribution < 1.29 is 27.3 Å². The van der Waals surface area contributed by atoms with Crippen LogP contribution in [0, 0.1) is 5.41 Å². The standard InChI is InChI=1S/C39H73N9O6S/c1-8-36-17-13-15-20-39(36)35-44-55(7,45-42-6,48(41)43-34-38-19-16-14-18-37(38)33-40,53-31-29-51-27-25-49-23-21-46(9-2)10-3)54-32-30-52-28-26-50-24-22-47(11-4)12-5/h13-20,33-34,40,42,44-45H,8-12,21-32,35,41H2,1-7H3/b40-33?,43-34+. The number of hydrogen-bond donors (Lipinski definition) is 5. The minimum Gasteiger partial charge on any atom is -0.378 e. The molecule has 15 nitrogen and oxygen atoms in total. The maximum Gasteiger partial charge on any atom is 0.0964 e. The Labute approximate surface area is 331 Å². The molecule has 0 radical (unpaired) electrons. The molecule has 0 bridgehead atoms. The molecule has 0 aliphatic rings. The average Bonchev–Trinajstić information content (AvgIpc) is 3.21. The van der Waals surface area contributed by atoms with Gasteiger partial charge in [0.05, 0.1) is 72.3 Å². The van der Waals surface area contributed by atoms with E-state index in [1.165, 1.54) is 10.7 Å². The molecule has 0 unspecified atom stereocenters. The summed E-state index contributed by atoms with van der Waals surface area (Å²) in [6.45, 7) is 20.4. The van der Waals surface area contributed by atoms with Gasteiger partial charge in [-0.1, -0.05) is 83.1 Å². The lowest BCUT2D eigenvalue weighted by atomic mass is 10.1. The molecular weight excluding hydrogens is 723 g/mol. The third-order valence-corrected chi connectivity index (χ3v) is 14.0. The molecule has 0 atom stereocenters. The van der Waals surface area contributed by atoms with Crippen molar-refractivity contribution in [3.8, 4) is 0 Å². The maximum atomic E-state index is 7.92. The molecule has 0 saturated carbocycles. The molecular formula is C39H73N9O6S. The van der Waals surface area contributed by atoms with E-state index in [2.05, 4.69) is 71.5 Å². The largest absolute Gasteiger partial charge is 0.378 e. The third-order valence-electron chi connectivity index (χ3n) is 9.47. The quantitative estimate of drug-likeness (QED) is 0.0298. The zero-order valence-corrected chi connectivity index (χ0v) is 35.5. The van der Waals surface area contributed by atoms with Crippen molar-refractivity contribution in [2.24, 2.45) is 10.9 Å². The van der Waals surface area contributed by atoms with E-state index in [1.54, 1.807) is 19.5 Å². The highest BCUT2D eigenvalue weighted by Gasteiger charge is 2.55. The number of benzene rings is 2. The Morgan fingerprint density at radius 2 is 1.13 bits per heavy atom. The predicted octanol–water partition coefficient (Wildman–Crippen LogP) is 4.13. The van der Waals surface area contributed by atoms with Crippen LogP contribution in [-0.4, -0.2) is 145 Å². The first-order valence-corrected chi connectivity index (χ1v) is 22.4. The van der Waals surface area contributed by atoms with Crippen molar-refractivity contribution in [3.63, 3.8) is 0 Å². The first kappa shape index (κ1) is 48.6. The van der Waals surface area contributed by atoms with Crippen LogP contribution in [0.1, 0.15) is 56.9 Å². The Balaban J connectivity index is 2.37. The fraction of sp³-hybridized carbons (Fsp3) is 0.641. The minimum absolute atomic E-state index is 0.0795. The van der Waals surface area contributed by atoms with Crippen LogP contribution in [0.15, 0.2) is 53.6 Å². The third kappa shape index (κ3) is 15.4. The number of likely N-dealkylation sites (N-methyl/N-ethyl adjacent to an activating group) is 2. The average molecular weight is 796 g/mol. The van der Waals surface area contributed by atoms with Crippen LogP contribution in [0.3, 0.4) is 0 Å². The van der Waals surface area contributed by atoms with Crippen molar-refractivity contribution in [2.45, 2.75) is 47.6 Å². The Morgan fingerprint density at radius 3 is 1.60 bits per heavy atom. The molecule has 16 heteroatoms. The van der Waals surface area contributed by atoms with Gasteiger partial charge >= 0.3 is 0 Å². The van der Waals surface area contributed by atoms with Gasteiger partial charge in [0.15, 0.2) is 0 Å². The second-order valence-electron chi connectivity index (χ2n) is 13.0. The summed E-state index contributed by atoms with van der Waals surface area (Å²) < 4.78 is 42.3. The fourth-order valence-electron chi connectivity index (χ4n) is 5.85. The summed E-state index contributed by atoms with van der Waals surface area (Å²) in [5, 5.41) is 12.7. The first-order valence-electron chi connectivity index (χ1n) is 19.7. The zero-order valence-electron chi connectivity index (χ0n) is 34.7. The van der Waals surface area contributed by atoms with E-state index in [9.17, 15) is 0 Å². The minimum atomic E-state index is -5.04. The van der Waals surface area contributed by atoms with Gasteiger partial charge in [0.1, 0.15) is 0 Å². The molecule has 55 heavy (non-hydrogen) atoms. The summed E-state index contributed by atoms with van der Waals surface area (Å²) >= 11 is 0. The highest BCUT2D eigenvalue weighted by molar-refractivity contribution is 8.52. The number of hydrogen-bond acceptors (Lipinski definition) is 15. The molecule has 0 amide bonds. The summed E-state index contributed by atoms with van der Waals surface area (Å²) in [5.74, 6) is 7.05. The summed E-state index contributed by atoms with van der Waals surface area (Å²) in [4.78, 5) is 7.96. The second-order valence-corrected chi connectivity index (χ2v) is 17.9. The molecule has 0 aliphatic carbocycles. The van der Waals surface area contributed by atoms with Crippen LogP contribution in [0.5, 0.6) is 0 Å². The lowest BCUT2D eigenvalue weighted by Crippen LogP contribution is -2.72. The summed E-state index contributed by atoms with van der Waals surface area (Å²) in [7, 11) is -3.32. The van der Waals surface area contributed by atoms with Gasteiger partial charge in [-0.2, -0.15) is 4.83 Å². The molecule has 0 spiro atoms. The highest BCUT2D eigenvalue weighted by Crippen LogP contribution is 2.82. The first-order chi connectivity index (χ1) is 26.6. The number of rotatable bonds is 34. The number of hydrazine groups is 2. The highest BCUT2D eigenvalue weighted by atomic mass is 32.4. The van der Waals surface area contributed by atoms with Gasteiger partial charge in [0, 0.05) is 50.3 Å². The number of aryl methyl sites for hydroxylation is 1. The fourth-order valence-corrected chi connectivity index (χ4v) is 9.24. The van der Waals surface area contributed by atoms with Crippen LogP contribution >= 0.6 is 9.41 Å². The number of hydrazone groups is 1. The Bertz CT molecular complexity index is 1350. The Morgan fingerprint density at radius 1 is 0.673 bits per heavy atom. The molecule has 0 saturated heterocycles. The molecule has 0 heterocycles. The van der Waals surface area contributed by atoms with Gasteiger partial charge in [0.25, 0.3) is 0 Å². The smallest absolute Gasteiger partial charge is 0.0964 e. The second kappa shape index (κ2) is 25.7. The van der Waals surface area contributed by atoms with E-state index in [1.807, 2.05) is 36.4 Å². The van der Waals surface area contributed by atoms with Crippen molar-refractivity contribution in [3.05, 3.63) is 70.8 Å². The summed E-state index contributed by atoms with van der Waals surface area (Å²) in [6, 6.07) is 15.6. The van der Waals surface area contributed by atoms with Crippen molar-refractivity contribution in [1.82, 2.24) is 29.3 Å². The monoisotopic (exact) mass is 796 g/mol. The van der Waals surface area contributed by atoms with Crippen molar-refractivity contribution >= 4 is 21.8 Å². The molecule has 6 N–H and O–H groups in total. The molecule has 2 rings (SSSR count). The normalized spacial score (nSPS) is 13.5. The molecule has 0 aliphatic heterocycles. The molecule has 2 aromatic rings. The van der Waals surface area contributed by atoms with Crippen LogP contribution in [0.2, 0.25) is 0 Å². The van der Waals surface area contributed by atoms with E-state index >= 15 is 0 Å². The van der Waals surface area contributed by atoms with Gasteiger partial charge in [-0.15, -0.1) is 19.0 Å². The van der Waals surface area contributed by atoms with Gasteiger partial charge in [-0.05, 0) is 43.7 Å². The van der Waals surface area contributed by atoms with E-state index in [-0.39, 0.29) is 26.4 Å². The van der Waals surface area contributed by atoms with Gasteiger partial charge in [0.2, 0.25) is 0 Å². The lowest BCUT2D eigenvalue weighted by molar-refractivity contribution is 0.0161. The Kier molecular flexibility index (Phi) is 22.7. The van der Waals surface area contributed by atoms with E-state index in [4.69, 9.17) is 43.7 Å². The Hall–Kier alpha value is -2.55. The van der Waals surface area contributed by atoms with E-state index in [0.717, 1.165) is 56.8 Å². The lowest BCUT2D eigenvalue weighted by Gasteiger charge is -2.83. The topological polar surface area (TPSA) is 163 Å². The predicted molar refractivity (Wildman–Crippen MR) is 227 cm³/mol. The number of ether oxygens (including phenoxy) is 4. The zero-order chi connectivity index (χ0) is 40.3. The van der Waals surface area contributed by atoms with Crippen LogP contribution in [0.4, 0.5) is 0 Å². The SMILES string of the molecule is CCc1ccccc1CNS(C)(NNC)(OCCOCCOCCN(CC)CC)(OCCOCCOCCN(CC)CC)N(N)/N=C/c1ccccc1C=N. The van der Waals surface area contributed by atoms with Crippen LogP contribution in [-0.2, 0) is 40.3 Å². The van der Waals surface area contributed by atoms with Crippen molar-refractivity contribution in [1.29, 1.82) is 5.41 Å². The van der Waals surface area contributed by atoms with Gasteiger partial charge < -0.3 is 34.2 Å². The molecule has 0 aromatic heterocycles. The maximum absolute atomic E-state index is 7.92. The van der Waals surface area contributed by atoms with Crippen LogP contribution < -0.4 is 20.8 Å². The van der Waals surface area contributed by atoms with Gasteiger partial charge in [-0.3, -0.25) is 8.37 Å². The van der Waals surface area contributed by atoms with Crippen LogP contribution in [0.25, 0.3) is 0 Å². The van der Waals surface area contributed by atoms with E-state index < -0.39 is 9.41 Å². The summed E-state index contributed by atoms with van der Waals surface area (Å²) in [5.41, 5.74) is 6.66. The summed E-state index contributed by atoms with van der Waals surface area (Å²) in [6.07, 6.45) is 5.47. The molecule has 0 fully saturated rings. The number of nitrogens with zero attached hydrogens (tertiary/aromatic N) is 4. The molecule has 316 valence electrons. The van der Waals surface area contributed by atoms with Gasteiger partial charge in [-0.25, -0.2) is 16.0 Å². The number of nitrogens with one attached hydrogen (secondary N) is 4. The number of nitrogens with two attached hydrogens (primary N) is 1. The van der Waals surface area contributed by atoms with Crippen molar-refractivity contribution in [2.75, 3.05) is 119 Å². The van der Waals surface area contributed by atoms with E-state index in [0.29, 0.717) is 57.3 Å².